The molecule has 0 aromatic rings. The first kappa shape index (κ1) is 23.9. The van der Waals surface area contributed by atoms with Gasteiger partial charge in [-0.1, -0.05) is 79.8 Å². The predicted molar refractivity (Wildman–Crippen MR) is 116 cm³/mol. The van der Waals surface area contributed by atoms with E-state index in [1.165, 1.54) is 0 Å². The third kappa shape index (κ3) is 20.0. The Bertz CT molecular complexity index is 492. The Hall–Kier alpha value is -2.09. The summed E-state index contributed by atoms with van der Waals surface area (Å²) in [6, 6.07) is 0. The number of hydrogen-bond donors (Lipinski definition) is 1. The first-order chi connectivity index (χ1) is 12.8. The van der Waals surface area contributed by atoms with Crippen molar-refractivity contribution < 1.29 is 4.79 Å². The van der Waals surface area contributed by atoms with Crippen LogP contribution in [0.2, 0.25) is 0 Å². The fourth-order valence-electron chi connectivity index (χ4n) is 2.14. The Morgan fingerprint density at radius 2 is 1.00 bits per heavy atom. The van der Waals surface area contributed by atoms with E-state index >= 15 is 0 Å². The van der Waals surface area contributed by atoms with Gasteiger partial charge in [-0.25, -0.2) is 0 Å². The second-order valence-electron chi connectivity index (χ2n) is 5.91. The molecule has 144 valence electrons. The van der Waals surface area contributed by atoms with Crippen LogP contribution in [0.1, 0.15) is 65.2 Å². The molecule has 0 spiro atoms. The molecule has 0 fully saturated rings. The minimum absolute atomic E-state index is 0.132. The molecule has 0 aliphatic heterocycles. The van der Waals surface area contributed by atoms with Crippen molar-refractivity contribution in [2.24, 2.45) is 0 Å². The van der Waals surface area contributed by atoms with Gasteiger partial charge in [0.05, 0.1) is 0 Å². The van der Waals surface area contributed by atoms with Gasteiger partial charge < -0.3 is 5.32 Å². The maximum absolute atomic E-state index is 11.2. The summed E-state index contributed by atoms with van der Waals surface area (Å²) in [5.74, 6) is 0.132. The molecule has 26 heavy (non-hydrogen) atoms. The quantitative estimate of drug-likeness (QED) is 0.329. The fraction of sp³-hybridized carbons (Fsp3) is 0.458. The van der Waals surface area contributed by atoms with Crippen LogP contribution >= 0.6 is 0 Å². The number of nitrogens with one attached hydrogen (secondary N) is 1. The highest BCUT2D eigenvalue weighted by Crippen LogP contribution is 1.97. The molecule has 0 atom stereocenters. The van der Waals surface area contributed by atoms with Gasteiger partial charge in [-0.2, -0.15) is 0 Å². The lowest BCUT2D eigenvalue weighted by Crippen LogP contribution is -2.21. The number of allylic oxidation sites excluding steroid dienone is 12. The molecular weight excluding hydrogens is 318 g/mol. The van der Waals surface area contributed by atoms with Gasteiger partial charge in [0.2, 0.25) is 5.91 Å². The monoisotopic (exact) mass is 355 g/mol. The van der Waals surface area contributed by atoms with Crippen LogP contribution in [0, 0.1) is 0 Å². The molecule has 0 aliphatic carbocycles. The van der Waals surface area contributed by atoms with Gasteiger partial charge in [0.15, 0.2) is 0 Å². The highest BCUT2D eigenvalue weighted by Gasteiger charge is 1.94. The summed E-state index contributed by atoms with van der Waals surface area (Å²) in [5.41, 5.74) is 0. The Kier molecular flexibility index (Phi) is 19.3. The summed E-state index contributed by atoms with van der Waals surface area (Å²) in [6.07, 6.45) is 33.7. The second-order valence-corrected chi connectivity index (χ2v) is 5.91. The van der Waals surface area contributed by atoms with E-state index in [9.17, 15) is 4.79 Å². The van der Waals surface area contributed by atoms with Gasteiger partial charge in [0, 0.05) is 13.0 Å². The average molecular weight is 356 g/mol. The van der Waals surface area contributed by atoms with Crippen LogP contribution in [-0.4, -0.2) is 12.5 Å². The van der Waals surface area contributed by atoms with Crippen molar-refractivity contribution >= 4 is 5.91 Å². The van der Waals surface area contributed by atoms with Gasteiger partial charge in [-0.15, -0.1) is 0 Å². The maximum Gasteiger partial charge on any atom is 0.220 e. The summed E-state index contributed by atoms with van der Waals surface area (Å²) in [5, 5.41) is 2.80. The molecule has 2 nitrogen and oxygen atoms in total. The van der Waals surface area contributed by atoms with E-state index in [1.54, 1.807) is 0 Å². The molecule has 0 radical (unpaired) electrons. The summed E-state index contributed by atoms with van der Waals surface area (Å²) in [7, 11) is 0. The summed E-state index contributed by atoms with van der Waals surface area (Å²) in [4.78, 5) is 11.2. The number of amides is 1. The minimum atomic E-state index is 0.132. The lowest BCUT2D eigenvalue weighted by molar-refractivity contribution is -0.120. The standard InChI is InChI=1S/C24H37NO/c1-3-5-6-7-8-9-10-11-12-13-14-15-16-17-18-19-20-21-22-23-24(26)25-4-2/h5-6,8-9,11-12,14-15,17-18,20-21H,3-4,7,10,13,16,19,22-23H2,1-2H3,(H,25,26)/b6-5-,9-8-,12-11-,15-14-,18-17-,21-20-. The Morgan fingerprint density at radius 3 is 1.38 bits per heavy atom. The van der Waals surface area contributed by atoms with E-state index in [-0.39, 0.29) is 5.91 Å². The van der Waals surface area contributed by atoms with E-state index in [2.05, 4.69) is 85.2 Å². The number of carbonyl (C=O) groups is 1. The van der Waals surface area contributed by atoms with E-state index in [4.69, 9.17) is 0 Å². The minimum Gasteiger partial charge on any atom is -0.356 e. The molecule has 0 heterocycles. The lowest BCUT2D eigenvalue weighted by Gasteiger charge is -1.97. The van der Waals surface area contributed by atoms with Crippen LogP contribution in [0.25, 0.3) is 0 Å². The fourth-order valence-corrected chi connectivity index (χ4v) is 2.14. The highest BCUT2D eigenvalue weighted by molar-refractivity contribution is 5.75. The third-order valence-corrected chi connectivity index (χ3v) is 3.51. The molecule has 1 N–H and O–H groups in total. The molecule has 0 aromatic heterocycles. The molecule has 2 heteroatoms. The first-order valence-electron chi connectivity index (χ1n) is 9.97. The number of rotatable bonds is 15. The average Bonchev–Trinajstić information content (AvgIpc) is 2.64. The van der Waals surface area contributed by atoms with Crippen molar-refractivity contribution in [2.45, 2.75) is 65.2 Å². The van der Waals surface area contributed by atoms with Crippen molar-refractivity contribution in [3.8, 4) is 0 Å². The molecule has 0 saturated heterocycles. The molecule has 0 bridgehead atoms. The largest absolute Gasteiger partial charge is 0.356 e. The van der Waals surface area contributed by atoms with Crippen molar-refractivity contribution in [3.63, 3.8) is 0 Å². The van der Waals surface area contributed by atoms with Crippen LogP contribution in [0.4, 0.5) is 0 Å². The maximum atomic E-state index is 11.2. The summed E-state index contributed by atoms with van der Waals surface area (Å²) < 4.78 is 0. The first-order valence-corrected chi connectivity index (χ1v) is 9.97. The Morgan fingerprint density at radius 1 is 0.615 bits per heavy atom. The summed E-state index contributed by atoms with van der Waals surface area (Å²) in [6.45, 7) is 4.81. The van der Waals surface area contributed by atoms with Crippen molar-refractivity contribution in [3.05, 3.63) is 72.9 Å². The Labute approximate surface area is 161 Å². The van der Waals surface area contributed by atoms with Gasteiger partial charge in [-0.05, 0) is 51.9 Å². The van der Waals surface area contributed by atoms with Gasteiger partial charge in [-0.3, -0.25) is 4.79 Å². The second kappa shape index (κ2) is 21.0. The zero-order valence-electron chi connectivity index (χ0n) is 16.7. The van der Waals surface area contributed by atoms with E-state index < -0.39 is 0 Å². The summed E-state index contributed by atoms with van der Waals surface area (Å²) >= 11 is 0. The molecule has 0 saturated carbocycles. The van der Waals surface area contributed by atoms with E-state index in [1.807, 2.05) is 6.92 Å². The zero-order chi connectivity index (χ0) is 19.1. The van der Waals surface area contributed by atoms with Crippen molar-refractivity contribution in [1.29, 1.82) is 0 Å². The van der Waals surface area contributed by atoms with Crippen LogP contribution in [0.5, 0.6) is 0 Å². The Balaban J connectivity index is 3.54. The number of carbonyl (C=O) groups excluding carboxylic acids is 1. The van der Waals surface area contributed by atoms with Gasteiger partial charge in [0.25, 0.3) is 0 Å². The number of hydrogen-bond acceptors (Lipinski definition) is 1. The molecule has 1 amide bonds. The van der Waals surface area contributed by atoms with Crippen molar-refractivity contribution in [1.82, 2.24) is 5.32 Å². The lowest BCUT2D eigenvalue weighted by atomic mass is 10.2. The SMILES string of the molecule is CC/C=C\C/C=C\C/C=C\C/C=C\C/C=C\C/C=C\CCC(=O)NCC. The van der Waals surface area contributed by atoms with Gasteiger partial charge >= 0.3 is 0 Å². The molecule has 0 unspecified atom stereocenters. The van der Waals surface area contributed by atoms with Crippen LogP contribution in [-0.2, 0) is 4.79 Å². The van der Waals surface area contributed by atoms with Crippen LogP contribution in [0.3, 0.4) is 0 Å². The normalized spacial score (nSPS) is 12.8. The highest BCUT2D eigenvalue weighted by atomic mass is 16.1. The predicted octanol–water partition coefficient (Wildman–Crippen LogP) is 6.60. The van der Waals surface area contributed by atoms with Crippen molar-refractivity contribution in [2.75, 3.05) is 6.54 Å². The molecule has 0 aliphatic rings. The smallest absolute Gasteiger partial charge is 0.220 e. The van der Waals surface area contributed by atoms with Crippen LogP contribution < -0.4 is 5.32 Å². The van der Waals surface area contributed by atoms with E-state index in [0.717, 1.165) is 44.9 Å². The molecular formula is C24H37NO. The molecule has 0 aromatic carbocycles. The molecule has 0 rings (SSSR count). The van der Waals surface area contributed by atoms with E-state index in [0.29, 0.717) is 13.0 Å². The topological polar surface area (TPSA) is 29.1 Å². The van der Waals surface area contributed by atoms with Gasteiger partial charge in [0.1, 0.15) is 0 Å². The zero-order valence-corrected chi connectivity index (χ0v) is 16.7. The van der Waals surface area contributed by atoms with Crippen LogP contribution in [0.15, 0.2) is 72.9 Å². The third-order valence-electron chi connectivity index (χ3n) is 3.51.